The van der Waals surface area contributed by atoms with E-state index in [9.17, 15) is 0 Å². The summed E-state index contributed by atoms with van der Waals surface area (Å²) in [6.45, 7) is 8.08. The van der Waals surface area contributed by atoms with Crippen molar-refractivity contribution in [3.8, 4) is 0 Å². The van der Waals surface area contributed by atoms with Crippen molar-refractivity contribution in [2.45, 2.75) is 38.9 Å². The Balaban J connectivity index is 1.98. The molecule has 3 rings (SSSR count). The highest BCUT2D eigenvalue weighted by Crippen LogP contribution is 2.36. The molecule has 5 heteroatoms. The average Bonchev–Trinajstić information content (AvgIpc) is 2.78. The van der Waals surface area contributed by atoms with Gasteiger partial charge in [0.15, 0.2) is 0 Å². The predicted molar refractivity (Wildman–Crippen MR) is 76.9 cm³/mol. The molecule has 1 aliphatic heterocycles. The highest BCUT2D eigenvalue weighted by molar-refractivity contribution is 6.61. The smallest absolute Gasteiger partial charge is 0.465 e. The fourth-order valence-corrected chi connectivity index (χ4v) is 2.26. The van der Waals surface area contributed by atoms with E-state index in [0.717, 1.165) is 11.0 Å². The molecule has 100 valence electrons. The van der Waals surface area contributed by atoms with Gasteiger partial charge in [-0.1, -0.05) is 11.6 Å². The van der Waals surface area contributed by atoms with Gasteiger partial charge in [-0.3, -0.25) is 0 Å². The lowest BCUT2D eigenvalue weighted by molar-refractivity contribution is 0.00578. The molecule has 0 N–H and O–H groups in total. The fourth-order valence-electron chi connectivity index (χ4n) is 2.10. The summed E-state index contributed by atoms with van der Waals surface area (Å²) >= 11 is 5.96. The van der Waals surface area contributed by atoms with Crippen LogP contribution in [0.1, 0.15) is 27.7 Å². The van der Waals surface area contributed by atoms with Gasteiger partial charge in [0.2, 0.25) is 0 Å². The van der Waals surface area contributed by atoms with E-state index in [1.807, 2.05) is 45.9 Å². The molecule has 3 nitrogen and oxygen atoms in total. The molecule has 2 aromatic rings. The van der Waals surface area contributed by atoms with E-state index in [1.165, 1.54) is 0 Å². The summed E-state index contributed by atoms with van der Waals surface area (Å²) in [5.41, 5.74) is 0.691. The minimum atomic E-state index is -0.476. The molecule has 2 heterocycles. The molecule has 0 amide bonds. The number of benzene rings is 1. The predicted octanol–water partition coefficient (Wildman–Crippen LogP) is 3.39. The lowest BCUT2D eigenvalue weighted by atomic mass is 9.86. The first-order chi connectivity index (χ1) is 8.78. The highest BCUT2D eigenvalue weighted by atomic mass is 35.5. The number of hydrogen-bond donors (Lipinski definition) is 0. The standard InChI is InChI=1S/C14H16BClO3/c1-13(2)14(3,4)19-15(18-13)12-7-9-5-6-10(16)8-11(9)17-12/h5-8H,1-4H3. The molecule has 1 saturated heterocycles. The van der Waals surface area contributed by atoms with Crippen LogP contribution < -0.4 is 5.66 Å². The van der Waals surface area contributed by atoms with Crippen LogP contribution in [-0.4, -0.2) is 18.3 Å². The molecular weight excluding hydrogens is 262 g/mol. The van der Waals surface area contributed by atoms with Crippen LogP contribution in [0, 0.1) is 0 Å². The molecule has 1 aromatic heterocycles. The van der Waals surface area contributed by atoms with Gasteiger partial charge in [-0.25, -0.2) is 0 Å². The summed E-state index contributed by atoms with van der Waals surface area (Å²) in [5.74, 6) is 0. The van der Waals surface area contributed by atoms with E-state index in [4.69, 9.17) is 25.3 Å². The summed E-state index contributed by atoms with van der Waals surface area (Å²) in [7, 11) is -0.476. The Labute approximate surface area is 118 Å². The van der Waals surface area contributed by atoms with Crippen molar-refractivity contribution in [1.82, 2.24) is 0 Å². The second-order valence-corrected chi connectivity index (χ2v) is 6.36. The summed E-state index contributed by atoms with van der Waals surface area (Å²) in [4.78, 5) is 0. The molecule has 0 unspecified atom stereocenters. The molecule has 0 bridgehead atoms. The first-order valence-electron chi connectivity index (χ1n) is 6.33. The Morgan fingerprint density at radius 3 is 2.26 bits per heavy atom. The van der Waals surface area contributed by atoms with Crippen LogP contribution in [0.3, 0.4) is 0 Å². The number of hydrogen-bond acceptors (Lipinski definition) is 3. The third-order valence-electron chi connectivity index (χ3n) is 3.99. The molecule has 0 atom stereocenters. The molecule has 0 spiro atoms. The first kappa shape index (κ1) is 13.0. The zero-order valence-electron chi connectivity index (χ0n) is 11.5. The van der Waals surface area contributed by atoms with E-state index in [1.54, 1.807) is 6.07 Å². The van der Waals surface area contributed by atoms with Gasteiger partial charge in [-0.2, -0.15) is 0 Å². The Kier molecular flexibility index (Phi) is 2.75. The normalized spacial score (nSPS) is 21.2. The van der Waals surface area contributed by atoms with Crippen LogP contribution in [-0.2, 0) is 9.31 Å². The summed E-state index contributed by atoms with van der Waals surface area (Å²) in [5, 5.41) is 1.65. The Hall–Kier alpha value is -0.965. The van der Waals surface area contributed by atoms with Crippen molar-refractivity contribution in [3.63, 3.8) is 0 Å². The van der Waals surface area contributed by atoms with Crippen molar-refractivity contribution >= 4 is 35.3 Å². The van der Waals surface area contributed by atoms with E-state index >= 15 is 0 Å². The van der Waals surface area contributed by atoms with Crippen LogP contribution in [0.25, 0.3) is 11.0 Å². The van der Waals surface area contributed by atoms with Crippen LogP contribution in [0.15, 0.2) is 28.7 Å². The van der Waals surface area contributed by atoms with Crippen LogP contribution in [0.2, 0.25) is 5.02 Å². The van der Waals surface area contributed by atoms with Gasteiger partial charge in [-0.15, -0.1) is 0 Å². The molecule has 0 saturated carbocycles. The number of rotatable bonds is 1. The van der Waals surface area contributed by atoms with Gasteiger partial charge in [0.1, 0.15) is 11.2 Å². The SMILES string of the molecule is CC1(C)OB(c2cc3ccc(Cl)cc3o2)OC1(C)C. The van der Waals surface area contributed by atoms with E-state index < -0.39 is 7.12 Å². The van der Waals surface area contributed by atoms with E-state index in [0.29, 0.717) is 10.7 Å². The van der Waals surface area contributed by atoms with Crippen molar-refractivity contribution in [1.29, 1.82) is 0 Å². The minimum Gasteiger partial charge on any atom is -0.465 e. The number of furan rings is 1. The van der Waals surface area contributed by atoms with Crippen molar-refractivity contribution in [2.75, 3.05) is 0 Å². The lowest BCUT2D eigenvalue weighted by Crippen LogP contribution is -2.41. The van der Waals surface area contributed by atoms with Gasteiger partial charge in [-0.05, 0) is 52.0 Å². The third-order valence-corrected chi connectivity index (χ3v) is 4.22. The summed E-state index contributed by atoms with van der Waals surface area (Å²) < 4.78 is 17.7. The second kappa shape index (κ2) is 4.01. The molecule has 1 aliphatic rings. The van der Waals surface area contributed by atoms with Gasteiger partial charge >= 0.3 is 7.12 Å². The molecule has 1 aromatic carbocycles. The molecule has 19 heavy (non-hydrogen) atoms. The number of fused-ring (bicyclic) bond motifs is 1. The zero-order valence-corrected chi connectivity index (χ0v) is 12.2. The minimum absolute atomic E-state index is 0.367. The number of halogens is 1. The summed E-state index contributed by atoms with van der Waals surface area (Å²) in [6.07, 6.45) is 0. The fraction of sp³-hybridized carbons (Fsp3) is 0.429. The maximum absolute atomic E-state index is 5.96. The molecule has 1 fully saturated rings. The largest absolute Gasteiger partial charge is 0.532 e. The van der Waals surface area contributed by atoms with Crippen LogP contribution >= 0.6 is 11.6 Å². The average molecular weight is 279 g/mol. The van der Waals surface area contributed by atoms with Gasteiger partial charge in [0.05, 0.1) is 11.2 Å². The van der Waals surface area contributed by atoms with E-state index in [2.05, 4.69) is 0 Å². The first-order valence-corrected chi connectivity index (χ1v) is 6.71. The quantitative estimate of drug-likeness (QED) is 0.749. The van der Waals surface area contributed by atoms with Crippen molar-refractivity contribution in [3.05, 3.63) is 29.3 Å². The zero-order chi connectivity index (χ0) is 13.8. The highest BCUT2D eigenvalue weighted by Gasteiger charge is 2.53. The Morgan fingerprint density at radius 2 is 1.63 bits per heavy atom. The monoisotopic (exact) mass is 278 g/mol. The maximum Gasteiger partial charge on any atom is 0.532 e. The van der Waals surface area contributed by atoms with Crippen LogP contribution in [0.5, 0.6) is 0 Å². The van der Waals surface area contributed by atoms with Gasteiger partial charge < -0.3 is 13.7 Å². The molecule has 0 radical (unpaired) electrons. The summed E-state index contributed by atoms with van der Waals surface area (Å²) in [6, 6.07) is 7.50. The van der Waals surface area contributed by atoms with Crippen LogP contribution in [0.4, 0.5) is 0 Å². The van der Waals surface area contributed by atoms with Gasteiger partial charge in [0.25, 0.3) is 0 Å². The Morgan fingerprint density at radius 1 is 1.00 bits per heavy atom. The topological polar surface area (TPSA) is 31.6 Å². The molecular formula is C14H16BClO3. The second-order valence-electron chi connectivity index (χ2n) is 5.92. The van der Waals surface area contributed by atoms with Gasteiger partial charge in [0, 0.05) is 10.4 Å². The van der Waals surface area contributed by atoms with Crippen molar-refractivity contribution in [2.24, 2.45) is 0 Å². The molecule has 0 aliphatic carbocycles. The lowest BCUT2D eigenvalue weighted by Gasteiger charge is -2.32. The van der Waals surface area contributed by atoms with Crippen molar-refractivity contribution < 1.29 is 13.7 Å². The van der Waals surface area contributed by atoms with E-state index in [-0.39, 0.29) is 11.2 Å². The maximum atomic E-state index is 5.96. The third kappa shape index (κ3) is 2.08. The Bertz CT molecular complexity index is 617.